The summed E-state index contributed by atoms with van der Waals surface area (Å²) in [5.41, 5.74) is 1.04. The fourth-order valence-electron chi connectivity index (χ4n) is 4.34. The molecule has 2 saturated carbocycles. The molecule has 5 heteroatoms. The highest BCUT2D eigenvalue weighted by Crippen LogP contribution is 2.49. The van der Waals surface area contributed by atoms with Crippen LogP contribution in [0.15, 0.2) is 24.3 Å². The van der Waals surface area contributed by atoms with Crippen molar-refractivity contribution in [3.05, 3.63) is 29.8 Å². The quantitative estimate of drug-likeness (QED) is 0.736. The van der Waals surface area contributed by atoms with Crippen molar-refractivity contribution in [2.24, 2.45) is 17.8 Å². The number of nitrogens with one attached hydrogen (secondary N) is 1. The van der Waals surface area contributed by atoms with Crippen LogP contribution in [0.3, 0.4) is 0 Å². The van der Waals surface area contributed by atoms with Crippen LogP contribution in [0.1, 0.15) is 37.7 Å². The second kappa shape index (κ2) is 8.37. The number of methoxy groups -OCH3 is 1. The van der Waals surface area contributed by atoms with Crippen LogP contribution in [0.5, 0.6) is 5.75 Å². The van der Waals surface area contributed by atoms with Crippen molar-refractivity contribution in [2.45, 2.75) is 38.5 Å². The smallest absolute Gasteiger partial charge is 0.306 e. The molecule has 2 fully saturated rings. The lowest BCUT2D eigenvalue weighted by atomic mass is 9.86. The molecule has 25 heavy (non-hydrogen) atoms. The normalized spacial score (nSPS) is 24.1. The molecule has 2 bridgehead atoms. The maximum Gasteiger partial charge on any atom is 0.306 e. The molecule has 2 aliphatic rings. The predicted molar refractivity (Wildman–Crippen MR) is 94.2 cm³/mol. The molecular formula is C20H27NO4. The van der Waals surface area contributed by atoms with Gasteiger partial charge in [-0.15, -0.1) is 0 Å². The molecule has 5 nitrogen and oxygen atoms in total. The first-order valence-corrected chi connectivity index (χ1v) is 9.20. The van der Waals surface area contributed by atoms with E-state index in [0.717, 1.165) is 23.7 Å². The zero-order valence-corrected chi connectivity index (χ0v) is 14.8. The first-order valence-electron chi connectivity index (χ1n) is 9.20. The number of ether oxygens (including phenoxy) is 2. The fraction of sp³-hybridized carbons (Fsp3) is 0.600. The lowest BCUT2D eigenvalue weighted by Crippen LogP contribution is -2.31. The van der Waals surface area contributed by atoms with E-state index in [2.05, 4.69) is 5.32 Å². The van der Waals surface area contributed by atoms with Crippen molar-refractivity contribution < 1.29 is 19.1 Å². The van der Waals surface area contributed by atoms with Gasteiger partial charge in [-0.2, -0.15) is 0 Å². The number of rotatable bonds is 8. The minimum Gasteiger partial charge on any atom is -0.496 e. The summed E-state index contributed by atoms with van der Waals surface area (Å²) in [6.45, 7) is 0.300. The van der Waals surface area contributed by atoms with E-state index in [-0.39, 0.29) is 18.5 Å². The minimum absolute atomic E-state index is 0.189. The average Bonchev–Trinajstić information content (AvgIpc) is 3.23. The van der Waals surface area contributed by atoms with Gasteiger partial charge < -0.3 is 14.8 Å². The largest absolute Gasteiger partial charge is 0.496 e. The van der Waals surface area contributed by atoms with E-state index in [1.807, 2.05) is 24.3 Å². The second-order valence-electron chi connectivity index (χ2n) is 7.21. The van der Waals surface area contributed by atoms with E-state index in [9.17, 15) is 9.59 Å². The van der Waals surface area contributed by atoms with Gasteiger partial charge in [-0.25, -0.2) is 0 Å². The molecule has 3 atom stereocenters. The monoisotopic (exact) mass is 345 g/mol. The Morgan fingerprint density at radius 1 is 1.20 bits per heavy atom. The molecule has 1 aromatic rings. The molecule has 0 heterocycles. The Balaban J connectivity index is 1.32. The van der Waals surface area contributed by atoms with Gasteiger partial charge in [-0.1, -0.05) is 24.6 Å². The van der Waals surface area contributed by atoms with Gasteiger partial charge in [0.05, 0.1) is 7.11 Å². The van der Waals surface area contributed by atoms with Gasteiger partial charge >= 0.3 is 5.97 Å². The number of hydrogen-bond donors (Lipinski definition) is 1. The van der Waals surface area contributed by atoms with E-state index >= 15 is 0 Å². The maximum atomic E-state index is 11.9. The van der Waals surface area contributed by atoms with Gasteiger partial charge in [0.15, 0.2) is 6.61 Å². The number of fused-ring (bicyclic) bond motifs is 2. The highest BCUT2D eigenvalue weighted by atomic mass is 16.5. The molecule has 2 aliphatic carbocycles. The van der Waals surface area contributed by atoms with E-state index in [0.29, 0.717) is 31.2 Å². The Labute approximate surface area is 149 Å². The summed E-state index contributed by atoms with van der Waals surface area (Å²) in [5, 5.41) is 2.79. The number of benzene rings is 1. The molecular weight excluding hydrogens is 318 g/mol. The van der Waals surface area contributed by atoms with Crippen molar-refractivity contribution >= 4 is 11.9 Å². The maximum absolute atomic E-state index is 11.9. The van der Waals surface area contributed by atoms with E-state index in [1.54, 1.807) is 7.11 Å². The summed E-state index contributed by atoms with van der Waals surface area (Å²) >= 11 is 0. The van der Waals surface area contributed by atoms with Crippen LogP contribution in [-0.4, -0.2) is 32.1 Å². The highest BCUT2D eigenvalue weighted by molar-refractivity contribution is 5.80. The van der Waals surface area contributed by atoms with Gasteiger partial charge in [-0.05, 0) is 55.1 Å². The molecule has 1 amide bonds. The number of para-hydroxylation sites is 1. The number of carbonyl (C=O) groups excluding carboxylic acids is 2. The standard InChI is InChI=1S/C20H27NO4/c1-24-18-5-3-2-4-15(18)8-9-21-19(22)13-25-20(23)12-17-11-14-6-7-16(17)10-14/h2-5,14,16-17H,6-13H2,1H3,(H,21,22)/t14-,16+,17-/m0/s1. The first kappa shape index (κ1) is 17.8. The zero-order valence-electron chi connectivity index (χ0n) is 14.8. The van der Waals surface area contributed by atoms with Crippen LogP contribution < -0.4 is 10.1 Å². The third-order valence-corrected chi connectivity index (χ3v) is 5.59. The highest BCUT2D eigenvalue weighted by Gasteiger charge is 2.40. The molecule has 136 valence electrons. The first-order chi connectivity index (χ1) is 12.2. The summed E-state index contributed by atoms with van der Waals surface area (Å²) in [5.74, 6) is 2.32. The van der Waals surface area contributed by atoms with Gasteiger partial charge in [0.2, 0.25) is 0 Å². The minimum atomic E-state index is -0.254. The van der Waals surface area contributed by atoms with Crippen molar-refractivity contribution in [1.82, 2.24) is 5.32 Å². The summed E-state index contributed by atoms with van der Waals surface area (Å²) in [6.07, 6.45) is 6.16. The fourth-order valence-corrected chi connectivity index (χ4v) is 4.34. The van der Waals surface area contributed by atoms with Gasteiger partial charge in [-0.3, -0.25) is 9.59 Å². The van der Waals surface area contributed by atoms with Crippen LogP contribution in [0.2, 0.25) is 0 Å². The Morgan fingerprint density at radius 3 is 2.76 bits per heavy atom. The van der Waals surface area contributed by atoms with E-state index in [4.69, 9.17) is 9.47 Å². The van der Waals surface area contributed by atoms with Crippen molar-refractivity contribution in [3.63, 3.8) is 0 Å². The SMILES string of the molecule is COc1ccccc1CCNC(=O)COC(=O)C[C@@H]1C[C@H]2CC[C@@H]1C2. The number of carbonyl (C=O) groups is 2. The molecule has 0 radical (unpaired) electrons. The molecule has 0 spiro atoms. The molecule has 1 aromatic carbocycles. The number of hydrogen-bond acceptors (Lipinski definition) is 4. The molecule has 0 saturated heterocycles. The third-order valence-electron chi connectivity index (χ3n) is 5.59. The number of esters is 1. The van der Waals surface area contributed by atoms with E-state index < -0.39 is 0 Å². The molecule has 0 aromatic heterocycles. The molecule has 0 aliphatic heterocycles. The summed E-state index contributed by atoms with van der Waals surface area (Å²) in [6, 6.07) is 7.72. The molecule has 3 rings (SSSR count). The Hall–Kier alpha value is -2.04. The van der Waals surface area contributed by atoms with Crippen LogP contribution in [0.25, 0.3) is 0 Å². The summed E-state index contributed by atoms with van der Waals surface area (Å²) in [4.78, 5) is 23.8. The lowest BCUT2D eigenvalue weighted by molar-refractivity contribution is -0.149. The Kier molecular flexibility index (Phi) is 5.95. The summed E-state index contributed by atoms with van der Waals surface area (Å²) in [7, 11) is 1.63. The van der Waals surface area contributed by atoms with Gasteiger partial charge in [0.25, 0.3) is 5.91 Å². The van der Waals surface area contributed by atoms with Crippen LogP contribution >= 0.6 is 0 Å². The van der Waals surface area contributed by atoms with Crippen molar-refractivity contribution in [2.75, 3.05) is 20.3 Å². The van der Waals surface area contributed by atoms with E-state index in [1.165, 1.54) is 19.3 Å². The van der Waals surface area contributed by atoms with Crippen LogP contribution in [0, 0.1) is 17.8 Å². The third kappa shape index (κ3) is 4.74. The Bertz CT molecular complexity index is 615. The summed E-state index contributed by atoms with van der Waals surface area (Å²) < 4.78 is 10.4. The Morgan fingerprint density at radius 2 is 2.04 bits per heavy atom. The van der Waals surface area contributed by atoms with Crippen LogP contribution in [0.4, 0.5) is 0 Å². The second-order valence-corrected chi connectivity index (χ2v) is 7.21. The van der Waals surface area contributed by atoms with Gasteiger partial charge in [0, 0.05) is 13.0 Å². The van der Waals surface area contributed by atoms with Crippen molar-refractivity contribution in [3.8, 4) is 5.75 Å². The molecule has 0 unspecified atom stereocenters. The topological polar surface area (TPSA) is 64.6 Å². The molecule has 1 N–H and O–H groups in total. The van der Waals surface area contributed by atoms with Crippen molar-refractivity contribution in [1.29, 1.82) is 0 Å². The van der Waals surface area contributed by atoms with Crippen LogP contribution in [-0.2, 0) is 20.7 Å². The van der Waals surface area contributed by atoms with Gasteiger partial charge in [0.1, 0.15) is 5.75 Å². The average molecular weight is 345 g/mol. The zero-order chi connectivity index (χ0) is 17.6. The number of amides is 1. The lowest BCUT2D eigenvalue weighted by Gasteiger charge is -2.20. The predicted octanol–water partition coefficient (Wildman–Crippen LogP) is 2.72.